The van der Waals surface area contributed by atoms with E-state index in [4.69, 9.17) is 4.18 Å². The molecule has 1 saturated heterocycles. The van der Waals surface area contributed by atoms with Crippen LogP contribution in [-0.4, -0.2) is 31.0 Å². The minimum atomic E-state index is -3.98. The van der Waals surface area contributed by atoms with Crippen LogP contribution in [0.5, 0.6) is 5.75 Å². The Hall–Kier alpha value is -2.65. The maximum absolute atomic E-state index is 12.6. The first-order valence-electron chi connectivity index (χ1n) is 8.45. The third-order valence-electron chi connectivity index (χ3n) is 3.91. The number of thioether (sulfide) groups is 1. The second kappa shape index (κ2) is 8.15. The van der Waals surface area contributed by atoms with Gasteiger partial charge in [-0.25, -0.2) is 0 Å². The number of carbonyl (C=O) groups is 1. The zero-order valence-corrected chi connectivity index (χ0v) is 17.2. The van der Waals surface area contributed by atoms with Gasteiger partial charge in [0, 0.05) is 5.56 Å². The molecule has 2 aromatic carbocycles. The number of carbonyl (C=O) groups excluding carboxylic acids is 1. The van der Waals surface area contributed by atoms with Gasteiger partial charge in [0.25, 0.3) is 0 Å². The number of benzene rings is 2. The number of aryl methyl sites for hydroxylation is 2. The average molecular weight is 418 g/mol. The Morgan fingerprint density at radius 1 is 1.11 bits per heavy atom. The number of rotatable bonds is 5. The molecule has 0 radical (unpaired) electrons. The summed E-state index contributed by atoms with van der Waals surface area (Å²) in [5.41, 5.74) is 2.32. The van der Waals surface area contributed by atoms with Crippen molar-refractivity contribution in [2.75, 3.05) is 0 Å². The molecule has 1 N–H and O–H groups in total. The Morgan fingerprint density at radius 2 is 1.79 bits per heavy atom. The lowest BCUT2D eigenvalue weighted by Crippen LogP contribution is -2.23. The predicted molar refractivity (Wildman–Crippen MR) is 110 cm³/mol. The van der Waals surface area contributed by atoms with Crippen LogP contribution in [0.25, 0.3) is 0 Å². The lowest BCUT2D eigenvalue weighted by Gasteiger charge is -2.10. The number of nitrogens with one attached hydrogen (secondary N) is 1. The first-order valence-corrected chi connectivity index (χ1v) is 10.7. The number of nitrogens with zero attached hydrogens (tertiary/aromatic N) is 2. The Morgan fingerprint density at radius 3 is 2.43 bits per heavy atom. The van der Waals surface area contributed by atoms with Crippen molar-refractivity contribution < 1.29 is 17.4 Å². The molecule has 3 rings (SSSR count). The smallest absolute Gasteiger partial charge is 0.339 e. The topological polar surface area (TPSA) is 97.2 Å². The zero-order valence-electron chi connectivity index (χ0n) is 15.5. The molecule has 28 heavy (non-hydrogen) atoms. The molecule has 7 nitrogen and oxygen atoms in total. The normalized spacial score (nSPS) is 18.6. The molecular formula is C19H19N3O4S2. The molecular weight excluding hydrogens is 398 g/mol. The van der Waals surface area contributed by atoms with Gasteiger partial charge in [0.2, 0.25) is 5.91 Å². The van der Waals surface area contributed by atoms with E-state index < -0.39 is 10.1 Å². The molecule has 0 saturated carbocycles. The van der Waals surface area contributed by atoms with Crippen molar-refractivity contribution in [1.82, 2.24) is 5.32 Å². The van der Waals surface area contributed by atoms with Crippen molar-refractivity contribution in [3.8, 4) is 5.75 Å². The Bertz CT molecular complexity index is 1060. The van der Waals surface area contributed by atoms with Crippen molar-refractivity contribution in [2.45, 2.75) is 30.9 Å². The van der Waals surface area contributed by atoms with E-state index in [9.17, 15) is 13.2 Å². The van der Waals surface area contributed by atoms with E-state index in [0.29, 0.717) is 10.7 Å². The van der Waals surface area contributed by atoms with Gasteiger partial charge in [0.15, 0.2) is 10.9 Å². The Labute approximate surface area is 168 Å². The van der Waals surface area contributed by atoms with Crippen molar-refractivity contribution in [3.63, 3.8) is 0 Å². The second-order valence-electron chi connectivity index (χ2n) is 6.29. The lowest BCUT2D eigenvalue weighted by atomic mass is 10.1. The highest BCUT2D eigenvalue weighted by atomic mass is 32.2. The Kier molecular flexibility index (Phi) is 5.85. The molecule has 0 aliphatic carbocycles. The van der Waals surface area contributed by atoms with E-state index in [2.05, 4.69) is 15.5 Å². The monoisotopic (exact) mass is 417 g/mol. The van der Waals surface area contributed by atoms with E-state index in [1.807, 2.05) is 13.8 Å². The van der Waals surface area contributed by atoms with Gasteiger partial charge in [-0.1, -0.05) is 41.1 Å². The van der Waals surface area contributed by atoms with Crippen molar-refractivity contribution in [2.24, 2.45) is 10.2 Å². The molecule has 9 heteroatoms. The maximum Gasteiger partial charge on any atom is 0.339 e. The highest BCUT2D eigenvalue weighted by Gasteiger charge is 2.25. The summed E-state index contributed by atoms with van der Waals surface area (Å²) in [6, 6.07) is 11.5. The van der Waals surface area contributed by atoms with Crippen molar-refractivity contribution in [3.05, 3.63) is 59.2 Å². The summed E-state index contributed by atoms with van der Waals surface area (Å²) in [6.07, 6.45) is 1.40. The summed E-state index contributed by atoms with van der Waals surface area (Å²) in [6.45, 7) is 5.52. The van der Waals surface area contributed by atoms with Crippen molar-refractivity contribution in [1.29, 1.82) is 0 Å². The third kappa shape index (κ3) is 4.79. The van der Waals surface area contributed by atoms with E-state index in [1.165, 1.54) is 30.1 Å². The Balaban J connectivity index is 1.85. The molecule has 1 atom stereocenters. The van der Waals surface area contributed by atoms with Gasteiger partial charge < -0.3 is 9.50 Å². The summed E-state index contributed by atoms with van der Waals surface area (Å²) in [5, 5.41) is 10.7. The molecule has 146 valence electrons. The summed E-state index contributed by atoms with van der Waals surface area (Å²) < 4.78 is 30.4. The van der Waals surface area contributed by atoms with E-state index in [0.717, 1.165) is 11.1 Å². The molecule has 1 aliphatic heterocycles. The van der Waals surface area contributed by atoms with Crippen LogP contribution in [0.1, 0.15) is 23.6 Å². The fourth-order valence-electron chi connectivity index (χ4n) is 2.37. The quantitative estimate of drug-likeness (QED) is 0.458. The van der Waals surface area contributed by atoms with Crippen LogP contribution < -0.4 is 9.50 Å². The fraction of sp³-hybridized carbons (Fsp3) is 0.211. The first-order chi connectivity index (χ1) is 13.2. The number of hydrogen-bond acceptors (Lipinski definition) is 7. The molecule has 2 aromatic rings. The maximum atomic E-state index is 12.6. The van der Waals surface area contributed by atoms with Gasteiger partial charge in [-0.15, -0.1) is 5.10 Å². The SMILES string of the molecule is Cc1ccc(S(=O)(=O)Oc2ccc(C)cc2/C=N\N=C2/NC(=O)[C@H](C)S2)cc1. The minimum Gasteiger partial charge on any atom is -0.378 e. The summed E-state index contributed by atoms with van der Waals surface area (Å²) in [4.78, 5) is 11.5. The van der Waals surface area contributed by atoms with Crippen molar-refractivity contribution >= 4 is 39.2 Å². The van der Waals surface area contributed by atoms with Gasteiger partial charge in [0.1, 0.15) is 4.90 Å². The van der Waals surface area contributed by atoms with Crippen LogP contribution in [-0.2, 0) is 14.9 Å². The van der Waals surface area contributed by atoms with Gasteiger partial charge in [-0.05, 0) is 45.0 Å². The summed E-state index contributed by atoms with van der Waals surface area (Å²) in [7, 11) is -3.98. The zero-order chi connectivity index (χ0) is 20.3. The van der Waals surface area contributed by atoms with Crippen LogP contribution in [0, 0.1) is 13.8 Å². The highest BCUT2D eigenvalue weighted by molar-refractivity contribution is 8.15. The van der Waals surface area contributed by atoms with Crippen LogP contribution in [0.3, 0.4) is 0 Å². The molecule has 1 amide bonds. The van der Waals surface area contributed by atoms with Crippen LogP contribution in [0.4, 0.5) is 0 Å². The highest BCUT2D eigenvalue weighted by Crippen LogP contribution is 2.24. The molecule has 0 bridgehead atoms. The van der Waals surface area contributed by atoms with Gasteiger partial charge in [-0.2, -0.15) is 13.5 Å². The largest absolute Gasteiger partial charge is 0.378 e. The fourth-order valence-corrected chi connectivity index (χ4v) is 4.07. The third-order valence-corrected chi connectivity index (χ3v) is 6.13. The van der Waals surface area contributed by atoms with Crippen LogP contribution >= 0.6 is 11.8 Å². The molecule has 0 aromatic heterocycles. The predicted octanol–water partition coefficient (Wildman–Crippen LogP) is 3.01. The molecule has 0 spiro atoms. The average Bonchev–Trinajstić information content (AvgIpc) is 2.95. The minimum absolute atomic E-state index is 0.0702. The van der Waals surface area contributed by atoms with Crippen LogP contribution in [0.15, 0.2) is 57.6 Å². The van der Waals surface area contributed by atoms with E-state index >= 15 is 0 Å². The standard InChI is InChI=1S/C19H19N3O4S2/c1-12-4-7-16(8-5-12)28(24,25)26-17-9-6-13(2)10-15(17)11-20-22-19-21-18(23)14(3)27-19/h4-11,14H,1-3H3,(H,21,22,23)/b20-11-/t14-/m0/s1. The number of amides is 1. The number of hydrogen-bond donors (Lipinski definition) is 1. The van der Waals surface area contributed by atoms with Crippen LogP contribution in [0.2, 0.25) is 0 Å². The molecule has 1 aliphatic rings. The molecule has 1 fully saturated rings. The number of amidine groups is 1. The van der Waals surface area contributed by atoms with E-state index in [-0.39, 0.29) is 21.8 Å². The first kappa shape index (κ1) is 20.1. The lowest BCUT2D eigenvalue weighted by molar-refractivity contribution is -0.118. The molecule has 1 heterocycles. The van der Waals surface area contributed by atoms with Gasteiger partial charge >= 0.3 is 10.1 Å². The summed E-state index contributed by atoms with van der Waals surface area (Å²) >= 11 is 1.27. The van der Waals surface area contributed by atoms with Gasteiger partial charge in [-0.3, -0.25) is 4.79 Å². The van der Waals surface area contributed by atoms with Gasteiger partial charge in [0.05, 0.1) is 11.5 Å². The second-order valence-corrected chi connectivity index (χ2v) is 9.17. The summed E-state index contributed by atoms with van der Waals surface area (Å²) in [5.74, 6) is 0.0225. The van der Waals surface area contributed by atoms with E-state index in [1.54, 1.807) is 37.3 Å². The molecule has 0 unspecified atom stereocenters.